The maximum Gasteiger partial charge on any atom is 0.148 e. The number of hydrogen-bond acceptors (Lipinski definition) is 4. The Hall–Kier alpha value is -1.49. The molecule has 2 aromatic heterocycles. The third-order valence-corrected chi connectivity index (χ3v) is 4.29. The molecule has 0 spiro atoms. The number of rotatable bonds is 4. The Morgan fingerprint density at radius 1 is 1.44 bits per heavy atom. The standard InChI is InChI=1S/C13H20N4S/c1-5-11-12(14)13(17(4)16-11)15-7-10-6-8(2)9(3)18-10/h6,15H,5,7,14H2,1-4H3. The molecular weight excluding hydrogens is 244 g/mol. The molecule has 0 aliphatic rings. The van der Waals surface area contributed by atoms with Crippen LogP contribution in [0.1, 0.15) is 27.9 Å². The minimum Gasteiger partial charge on any atom is -0.394 e. The lowest BCUT2D eigenvalue weighted by atomic mass is 10.3. The predicted octanol–water partition coefficient (Wildman–Crippen LogP) is 2.86. The lowest BCUT2D eigenvalue weighted by Gasteiger charge is -2.06. The van der Waals surface area contributed by atoms with Gasteiger partial charge < -0.3 is 11.1 Å². The van der Waals surface area contributed by atoms with Gasteiger partial charge in [-0.25, -0.2) is 0 Å². The van der Waals surface area contributed by atoms with Crippen LogP contribution in [0.25, 0.3) is 0 Å². The van der Waals surface area contributed by atoms with E-state index in [0.717, 1.165) is 30.2 Å². The zero-order valence-corrected chi connectivity index (χ0v) is 12.2. The minimum atomic E-state index is 0.769. The van der Waals surface area contributed by atoms with Crippen molar-refractivity contribution in [2.75, 3.05) is 11.1 Å². The molecule has 3 N–H and O–H groups in total. The number of hydrogen-bond donors (Lipinski definition) is 2. The average molecular weight is 264 g/mol. The maximum atomic E-state index is 6.07. The molecule has 0 unspecified atom stereocenters. The van der Waals surface area contributed by atoms with E-state index in [1.54, 1.807) is 0 Å². The van der Waals surface area contributed by atoms with E-state index in [-0.39, 0.29) is 0 Å². The zero-order chi connectivity index (χ0) is 13.3. The summed E-state index contributed by atoms with van der Waals surface area (Å²) in [6.07, 6.45) is 0.860. The third kappa shape index (κ3) is 2.36. The van der Waals surface area contributed by atoms with Gasteiger partial charge in [-0.05, 0) is 31.9 Å². The molecular formula is C13H20N4S. The summed E-state index contributed by atoms with van der Waals surface area (Å²) in [5.74, 6) is 0.913. The fourth-order valence-corrected chi connectivity index (χ4v) is 2.97. The average Bonchev–Trinajstić information content (AvgIpc) is 2.78. The molecule has 2 heterocycles. The Bertz CT molecular complexity index is 534. The molecule has 0 bridgehead atoms. The second-order valence-corrected chi connectivity index (χ2v) is 5.83. The molecule has 0 amide bonds. The van der Waals surface area contributed by atoms with Crippen molar-refractivity contribution < 1.29 is 0 Å². The van der Waals surface area contributed by atoms with Crippen molar-refractivity contribution in [1.82, 2.24) is 9.78 Å². The number of aromatic nitrogens is 2. The van der Waals surface area contributed by atoms with Gasteiger partial charge in [0.25, 0.3) is 0 Å². The first-order valence-corrected chi connectivity index (χ1v) is 6.95. The van der Waals surface area contributed by atoms with Gasteiger partial charge in [-0.2, -0.15) is 5.10 Å². The van der Waals surface area contributed by atoms with Gasteiger partial charge in [-0.3, -0.25) is 4.68 Å². The molecule has 0 aliphatic heterocycles. The van der Waals surface area contributed by atoms with E-state index in [1.165, 1.54) is 15.3 Å². The Morgan fingerprint density at radius 3 is 2.67 bits per heavy atom. The van der Waals surface area contributed by atoms with Crippen LogP contribution >= 0.6 is 11.3 Å². The number of nitrogens with zero attached hydrogens (tertiary/aromatic N) is 2. The highest BCUT2D eigenvalue weighted by Crippen LogP contribution is 2.25. The fraction of sp³-hybridized carbons (Fsp3) is 0.462. The summed E-state index contributed by atoms with van der Waals surface area (Å²) in [5, 5.41) is 7.77. The van der Waals surface area contributed by atoms with Crippen molar-refractivity contribution in [2.45, 2.75) is 33.7 Å². The van der Waals surface area contributed by atoms with Crippen LogP contribution in [0.15, 0.2) is 6.07 Å². The van der Waals surface area contributed by atoms with Crippen LogP contribution in [0, 0.1) is 13.8 Å². The van der Waals surface area contributed by atoms with E-state index in [2.05, 4.69) is 37.3 Å². The van der Waals surface area contributed by atoms with Crippen molar-refractivity contribution in [3.63, 3.8) is 0 Å². The Morgan fingerprint density at radius 2 is 2.17 bits per heavy atom. The molecule has 0 saturated heterocycles. The molecule has 4 nitrogen and oxygen atoms in total. The Labute approximate surface area is 112 Å². The van der Waals surface area contributed by atoms with Crippen LogP contribution in [0.2, 0.25) is 0 Å². The van der Waals surface area contributed by atoms with Crippen molar-refractivity contribution in [3.05, 3.63) is 27.1 Å². The van der Waals surface area contributed by atoms with Gasteiger partial charge in [-0.1, -0.05) is 6.92 Å². The van der Waals surface area contributed by atoms with Gasteiger partial charge in [0.2, 0.25) is 0 Å². The topological polar surface area (TPSA) is 55.9 Å². The van der Waals surface area contributed by atoms with Crippen molar-refractivity contribution in [1.29, 1.82) is 0 Å². The van der Waals surface area contributed by atoms with Gasteiger partial charge >= 0.3 is 0 Å². The molecule has 0 aromatic carbocycles. The van der Waals surface area contributed by atoms with E-state index < -0.39 is 0 Å². The van der Waals surface area contributed by atoms with Crippen LogP contribution < -0.4 is 11.1 Å². The van der Waals surface area contributed by atoms with Gasteiger partial charge in [0.05, 0.1) is 17.9 Å². The van der Waals surface area contributed by atoms with Crippen LogP contribution in [0.5, 0.6) is 0 Å². The van der Waals surface area contributed by atoms with Crippen LogP contribution in [0.3, 0.4) is 0 Å². The molecule has 0 fully saturated rings. The van der Waals surface area contributed by atoms with E-state index in [9.17, 15) is 0 Å². The number of anilines is 2. The number of nitrogen functional groups attached to an aromatic ring is 1. The molecule has 18 heavy (non-hydrogen) atoms. The largest absolute Gasteiger partial charge is 0.394 e. The SMILES string of the molecule is CCc1nn(C)c(NCc2cc(C)c(C)s2)c1N. The van der Waals surface area contributed by atoms with Crippen LogP contribution in [-0.4, -0.2) is 9.78 Å². The van der Waals surface area contributed by atoms with Gasteiger partial charge in [0, 0.05) is 16.8 Å². The lowest BCUT2D eigenvalue weighted by Crippen LogP contribution is -2.05. The number of aryl methyl sites for hydroxylation is 4. The molecule has 0 saturated carbocycles. The molecule has 2 aromatic rings. The fourth-order valence-electron chi connectivity index (χ4n) is 1.97. The molecule has 0 radical (unpaired) electrons. The summed E-state index contributed by atoms with van der Waals surface area (Å²) in [6, 6.07) is 2.22. The van der Waals surface area contributed by atoms with E-state index in [4.69, 9.17) is 5.73 Å². The smallest absolute Gasteiger partial charge is 0.148 e. The molecule has 0 atom stereocenters. The monoisotopic (exact) mass is 264 g/mol. The van der Waals surface area contributed by atoms with Gasteiger partial charge in [-0.15, -0.1) is 11.3 Å². The van der Waals surface area contributed by atoms with E-state index >= 15 is 0 Å². The lowest BCUT2D eigenvalue weighted by molar-refractivity contribution is 0.748. The summed E-state index contributed by atoms with van der Waals surface area (Å²) >= 11 is 1.82. The van der Waals surface area contributed by atoms with Crippen molar-refractivity contribution in [2.24, 2.45) is 7.05 Å². The first-order valence-electron chi connectivity index (χ1n) is 6.14. The Balaban J connectivity index is 2.13. The third-order valence-electron chi connectivity index (χ3n) is 3.14. The summed E-state index contributed by atoms with van der Waals surface area (Å²) in [7, 11) is 1.92. The first kappa shape index (κ1) is 13.0. The van der Waals surface area contributed by atoms with Gasteiger partial charge in [0.1, 0.15) is 5.82 Å². The van der Waals surface area contributed by atoms with Crippen molar-refractivity contribution in [3.8, 4) is 0 Å². The van der Waals surface area contributed by atoms with Crippen LogP contribution in [0.4, 0.5) is 11.5 Å². The summed E-state index contributed by atoms with van der Waals surface area (Å²) in [6.45, 7) is 7.15. The maximum absolute atomic E-state index is 6.07. The highest BCUT2D eigenvalue weighted by Gasteiger charge is 2.11. The number of nitrogens with one attached hydrogen (secondary N) is 1. The molecule has 0 aliphatic carbocycles. The second kappa shape index (κ2) is 5.02. The zero-order valence-electron chi connectivity index (χ0n) is 11.4. The first-order chi connectivity index (χ1) is 8.52. The molecule has 2 rings (SSSR count). The predicted molar refractivity (Wildman–Crippen MR) is 78.1 cm³/mol. The highest BCUT2D eigenvalue weighted by atomic mass is 32.1. The summed E-state index contributed by atoms with van der Waals surface area (Å²) < 4.78 is 1.82. The van der Waals surface area contributed by atoms with E-state index in [1.807, 2.05) is 23.1 Å². The van der Waals surface area contributed by atoms with Crippen molar-refractivity contribution >= 4 is 22.8 Å². The summed E-state index contributed by atoms with van der Waals surface area (Å²) in [4.78, 5) is 2.70. The highest BCUT2D eigenvalue weighted by molar-refractivity contribution is 7.12. The van der Waals surface area contributed by atoms with E-state index in [0.29, 0.717) is 0 Å². The number of thiophene rings is 1. The quantitative estimate of drug-likeness (QED) is 0.892. The minimum absolute atomic E-state index is 0.769. The molecule has 98 valence electrons. The van der Waals surface area contributed by atoms with Crippen LogP contribution in [-0.2, 0) is 20.0 Å². The second-order valence-electron chi connectivity index (χ2n) is 4.49. The number of nitrogens with two attached hydrogens (primary N) is 1. The molecule has 5 heteroatoms. The van der Waals surface area contributed by atoms with Gasteiger partial charge in [0.15, 0.2) is 0 Å². The Kier molecular flexibility index (Phi) is 3.61. The summed E-state index contributed by atoms with van der Waals surface area (Å²) in [5.41, 5.74) is 9.15. The normalized spacial score (nSPS) is 10.9.